The van der Waals surface area contributed by atoms with E-state index in [0.717, 1.165) is 0 Å². The van der Waals surface area contributed by atoms with Gasteiger partial charge >= 0.3 is 0 Å². The van der Waals surface area contributed by atoms with E-state index in [4.69, 9.17) is 0 Å². The summed E-state index contributed by atoms with van der Waals surface area (Å²) in [5, 5.41) is 0.308. The third-order valence-electron chi connectivity index (χ3n) is 0.390. The number of carbonyl (C=O) groups is 1. The van der Waals surface area contributed by atoms with E-state index in [1.165, 1.54) is 0 Å². The van der Waals surface area contributed by atoms with Gasteiger partial charge < -0.3 is 0 Å². The van der Waals surface area contributed by atoms with Gasteiger partial charge in [0.05, 0.1) is 11.5 Å². The quantitative estimate of drug-likeness (QED) is 0.487. The molecule has 0 aromatic heterocycles. The Morgan fingerprint density at radius 2 is 2.29 bits per heavy atom. The Bertz CT molecular complexity index is 83.0. The van der Waals surface area contributed by atoms with Crippen molar-refractivity contribution in [2.24, 2.45) is 0 Å². The standard InChI is InChI=1S/C3H4BrO2P/c4-1-3(5)2-7-6/h1-2H2. The molecular weight excluding hydrogens is 179 g/mol. The summed E-state index contributed by atoms with van der Waals surface area (Å²) in [5.74, 6) is -0.0309. The minimum Gasteiger partial charge on any atom is -0.298 e. The van der Waals surface area contributed by atoms with Crippen LogP contribution in [0.3, 0.4) is 0 Å². The van der Waals surface area contributed by atoms with Crippen LogP contribution in [0.1, 0.15) is 0 Å². The SMILES string of the molecule is O=PCC(=O)CBr. The van der Waals surface area contributed by atoms with Gasteiger partial charge in [0.2, 0.25) is 0 Å². The summed E-state index contributed by atoms with van der Waals surface area (Å²) in [6.07, 6.45) is 0.130. The molecule has 0 spiro atoms. The lowest BCUT2D eigenvalue weighted by Crippen LogP contribution is -1.98. The summed E-state index contributed by atoms with van der Waals surface area (Å²) >= 11 is 2.92. The second-order valence-electron chi connectivity index (χ2n) is 0.960. The molecule has 2 nitrogen and oxygen atoms in total. The van der Waals surface area contributed by atoms with Gasteiger partial charge in [0.15, 0.2) is 14.2 Å². The fraction of sp³-hybridized carbons (Fsp3) is 0.667. The van der Waals surface area contributed by atoms with E-state index >= 15 is 0 Å². The molecule has 0 aromatic carbocycles. The van der Waals surface area contributed by atoms with Gasteiger partial charge in [0, 0.05) is 0 Å². The summed E-state index contributed by atoms with van der Waals surface area (Å²) in [4.78, 5) is 10.2. The van der Waals surface area contributed by atoms with Gasteiger partial charge in [-0.15, -0.1) is 0 Å². The Morgan fingerprint density at radius 3 is 2.43 bits per heavy atom. The lowest BCUT2D eigenvalue weighted by atomic mass is 10.5. The molecular formula is C3H4BrO2P. The molecule has 0 aromatic rings. The molecule has 40 valence electrons. The number of hydrogen-bond donors (Lipinski definition) is 0. The minimum atomic E-state index is -0.0899. The van der Waals surface area contributed by atoms with Gasteiger partial charge in [0.25, 0.3) is 0 Å². The highest BCUT2D eigenvalue weighted by Gasteiger charge is 1.94. The molecule has 0 fully saturated rings. The van der Waals surface area contributed by atoms with Crippen LogP contribution in [0.2, 0.25) is 0 Å². The first-order valence-corrected chi connectivity index (χ1v) is 3.80. The molecule has 0 N–H and O–H groups in total. The zero-order chi connectivity index (χ0) is 5.70. The summed E-state index contributed by atoms with van der Waals surface area (Å²) in [7, 11) is -0.0899. The number of carbonyl (C=O) groups excluding carboxylic acids is 1. The molecule has 0 radical (unpaired) electrons. The third-order valence-corrected chi connectivity index (χ3v) is 1.50. The number of alkyl halides is 1. The fourth-order valence-electron chi connectivity index (χ4n) is 0.114. The summed E-state index contributed by atoms with van der Waals surface area (Å²) < 4.78 is 9.63. The van der Waals surface area contributed by atoms with Crippen molar-refractivity contribution in [2.45, 2.75) is 0 Å². The highest BCUT2D eigenvalue weighted by Crippen LogP contribution is 1.92. The Labute approximate surface area is 51.6 Å². The van der Waals surface area contributed by atoms with Crippen molar-refractivity contribution in [2.75, 3.05) is 11.5 Å². The normalized spacial score (nSPS) is 9.29. The molecule has 4 heteroatoms. The number of rotatable bonds is 3. The minimum absolute atomic E-state index is 0.0309. The zero-order valence-electron chi connectivity index (χ0n) is 3.56. The van der Waals surface area contributed by atoms with Crippen LogP contribution < -0.4 is 0 Å². The molecule has 0 aliphatic heterocycles. The maximum atomic E-state index is 10.2. The van der Waals surface area contributed by atoms with Gasteiger partial charge in [-0.25, -0.2) is 0 Å². The first-order chi connectivity index (χ1) is 3.31. The Morgan fingerprint density at radius 1 is 1.71 bits per heavy atom. The molecule has 0 rings (SSSR count). The maximum absolute atomic E-state index is 10.2. The zero-order valence-corrected chi connectivity index (χ0v) is 6.04. The topological polar surface area (TPSA) is 34.1 Å². The average molecular weight is 183 g/mol. The van der Waals surface area contributed by atoms with E-state index in [1.54, 1.807) is 0 Å². The van der Waals surface area contributed by atoms with Crippen LogP contribution >= 0.6 is 24.4 Å². The Kier molecular flexibility index (Phi) is 4.57. The van der Waals surface area contributed by atoms with E-state index in [1.807, 2.05) is 0 Å². The van der Waals surface area contributed by atoms with E-state index in [0.29, 0.717) is 5.33 Å². The average Bonchev–Trinajstić information content (AvgIpc) is 1.68. The molecule has 0 heterocycles. The van der Waals surface area contributed by atoms with Crippen LogP contribution in [0.25, 0.3) is 0 Å². The van der Waals surface area contributed by atoms with Crippen molar-refractivity contribution in [3.05, 3.63) is 0 Å². The predicted molar refractivity (Wildman–Crippen MR) is 31.3 cm³/mol. The van der Waals surface area contributed by atoms with Gasteiger partial charge in [-0.05, 0) is 0 Å². The van der Waals surface area contributed by atoms with Crippen LogP contribution in [-0.4, -0.2) is 17.3 Å². The van der Waals surface area contributed by atoms with Crippen molar-refractivity contribution in [1.82, 2.24) is 0 Å². The summed E-state index contributed by atoms with van der Waals surface area (Å²) in [6, 6.07) is 0. The molecule has 0 amide bonds. The lowest BCUT2D eigenvalue weighted by Gasteiger charge is -1.78. The number of hydrogen-bond acceptors (Lipinski definition) is 2. The van der Waals surface area contributed by atoms with Crippen LogP contribution in [0.15, 0.2) is 0 Å². The molecule has 0 bridgehead atoms. The lowest BCUT2D eigenvalue weighted by molar-refractivity contribution is -0.114. The van der Waals surface area contributed by atoms with Crippen LogP contribution in [0.4, 0.5) is 0 Å². The van der Waals surface area contributed by atoms with E-state index in [-0.39, 0.29) is 20.4 Å². The number of halogens is 1. The fourth-order valence-corrected chi connectivity index (χ4v) is 0.875. The molecule has 0 unspecified atom stereocenters. The molecule has 0 atom stereocenters. The summed E-state index contributed by atoms with van der Waals surface area (Å²) in [5.41, 5.74) is 0. The molecule has 7 heavy (non-hydrogen) atoms. The molecule has 0 aliphatic rings. The van der Waals surface area contributed by atoms with E-state index in [9.17, 15) is 9.36 Å². The van der Waals surface area contributed by atoms with E-state index in [2.05, 4.69) is 15.9 Å². The Balaban J connectivity index is 3.17. The second-order valence-corrected chi connectivity index (χ2v) is 2.09. The highest BCUT2D eigenvalue weighted by atomic mass is 79.9. The van der Waals surface area contributed by atoms with Crippen molar-refractivity contribution < 1.29 is 9.36 Å². The monoisotopic (exact) mass is 182 g/mol. The maximum Gasteiger partial charge on any atom is 0.163 e. The third kappa shape index (κ3) is 4.10. The van der Waals surface area contributed by atoms with Gasteiger partial charge in [-0.3, -0.25) is 9.36 Å². The number of Topliss-reactive ketones (excluding diaryl/α,β-unsaturated/α-hetero) is 1. The molecule has 0 aliphatic carbocycles. The van der Waals surface area contributed by atoms with Gasteiger partial charge in [0.1, 0.15) is 0 Å². The predicted octanol–water partition coefficient (Wildman–Crippen LogP) is 1.24. The van der Waals surface area contributed by atoms with Crippen LogP contribution in [0, 0.1) is 0 Å². The largest absolute Gasteiger partial charge is 0.298 e. The van der Waals surface area contributed by atoms with Crippen molar-refractivity contribution >= 4 is 30.2 Å². The smallest absolute Gasteiger partial charge is 0.163 e. The first-order valence-electron chi connectivity index (χ1n) is 1.68. The molecule has 0 saturated heterocycles. The first kappa shape index (κ1) is 7.25. The highest BCUT2D eigenvalue weighted by molar-refractivity contribution is 9.09. The van der Waals surface area contributed by atoms with E-state index < -0.39 is 0 Å². The van der Waals surface area contributed by atoms with Crippen molar-refractivity contribution in [3.8, 4) is 0 Å². The molecule has 0 saturated carbocycles. The van der Waals surface area contributed by atoms with Gasteiger partial charge in [-0.1, -0.05) is 15.9 Å². The van der Waals surface area contributed by atoms with Gasteiger partial charge in [-0.2, -0.15) is 0 Å². The van der Waals surface area contributed by atoms with Crippen molar-refractivity contribution in [3.63, 3.8) is 0 Å². The number of ketones is 1. The van der Waals surface area contributed by atoms with Crippen molar-refractivity contribution in [1.29, 1.82) is 0 Å². The summed E-state index contributed by atoms with van der Waals surface area (Å²) in [6.45, 7) is 0. The van der Waals surface area contributed by atoms with Crippen LogP contribution in [-0.2, 0) is 9.36 Å². The second kappa shape index (κ2) is 4.41. The Hall–Kier alpha value is 0.250. The van der Waals surface area contributed by atoms with Crippen LogP contribution in [0.5, 0.6) is 0 Å².